The molecule has 0 heterocycles. The van der Waals surface area contributed by atoms with Crippen molar-refractivity contribution in [3.05, 3.63) is 24.3 Å². The summed E-state index contributed by atoms with van der Waals surface area (Å²) in [5, 5.41) is 0. The van der Waals surface area contributed by atoms with Crippen molar-refractivity contribution in [1.29, 1.82) is 0 Å². The molecular formula is C14H21NO4. The van der Waals surface area contributed by atoms with E-state index in [0.717, 1.165) is 12.2 Å². The third-order valence-corrected chi connectivity index (χ3v) is 2.32. The molecule has 0 aliphatic heterocycles. The largest absolute Gasteiger partial charge is 0.494 e. The van der Waals surface area contributed by atoms with Crippen LogP contribution in [0.15, 0.2) is 24.3 Å². The van der Waals surface area contributed by atoms with Crippen molar-refractivity contribution >= 4 is 5.97 Å². The van der Waals surface area contributed by atoms with E-state index in [9.17, 15) is 4.79 Å². The van der Waals surface area contributed by atoms with Crippen molar-refractivity contribution < 1.29 is 19.0 Å². The Hall–Kier alpha value is -1.75. The molecule has 0 amide bonds. The number of hydrogen-bond acceptors (Lipinski definition) is 5. The minimum Gasteiger partial charge on any atom is -0.494 e. The first-order valence-corrected chi connectivity index (χ1v) is 6.45. The van der Waals surface area contributed by atoms with Gasteiger partial charge in [0.05, 0.1) is 13.2 Å². The van der Waals surface area contributed by atoms with Crippen LogP contribution in [-0.4, -0.2) is 31.8 Å². The summed E-state index contributed by atoms with van der Waals surface area (Å²) in [5.41, 5.74) is 5.62. The quantitative estimate of drug-likeness (QED) is 0.726. The standard InChI is InChI=1S/C14H21NO4/c1-3-9-18-11-5-7-12(8-6-11)19-10-13(15)14(16)17-4-2/h5-8,13H,3-4,9-10,15H2,1-2H3. The fourth-order valence-corrected chi connectivity index (χ4v) is 1.36. The maximum atomic E-state index is 11.3. The van der Waals surface area contributed by atoms with Gasteiger partial charge in [-0.3, -0.25) is 4.79 Å². The highest BCUT2D eigenvalue weighted by molar-refractivity contribution is 5.75. The molecule has 0 aliphatic carbocycles. The third kappa shape index (κ3) is 5.61. The molecule has 19 heavy (non-hydrogen) atoms. The molecular weight excluding hydrogens is 246 g/mol. The Morgan fingerprint density at radius 1 is 1.16 bits per heavy atom. The van der Waals surface area contributed by atoms with Gasteiger partial charge in [0.25, 0.3) is 0 Å². The first kappa shape index (κ1) is 15.3. The topological polar surface area (TPSA) is 70.8 Å². The summed E-state index contributed by atoms with van der Waals surface area (Å²) >= 11 is 0. The molecule has 0 aromatic heterocycles. The Kier molecular flexibility index (Phi) is 6.74. The highest BCUT2D eigenvalue weighted by atomic mass is 16.5. The number of benzene rings is 1. The van der Waals surface area contributed by atoms with Gasteiger partial charge in [0, 0.05) is 0 Å². The van der Waals surface area contributed by atoms with Gasteiger partial charge in [-0.2, -0.15) is 0 Å². The molecule has 0 aliphatic rings. The predicted octanol–water partition coefficient (Wildman–Crippen LogP) is 1.74. The molecule has 5 heteroatoms. The van der Waals surface area contributed by atoms with Crippen molar-refractivity contribution in [2.75, 3.05) is 19.8 Å². The summed E-state index contributed by atoms with van der Waals surface area (Å²) in [6, 6.07) is 6.43. The SMILES string of the molecule is CCCOc1ccc(OCC(N)C(=O)OCC)cc1. The van der Waals surface area contributed by atoms with Crippen molar-refractivity contribution in [2.45, 2.75) is 26.3 Å². The van der Waals surface area contributed by atoms with E-state index in [0.29, 0.717) is 19.0 Å². The number of esters is 1. The third-order valence-electron chi connectivity index (χ3n) is 2.32. The van der Waals surface area contributed by atoms with E-state index in [4.69, 9.17) is 19.9 Å². The molecule has 1 aromatic rings. The van der Waals surface area contributed by atoms with E-state index in [2.05, 4.69) is 0 Å². The first-order valence-electron chi connectivity index (χ1n) is 6.45. The second-order valence-corrected chi connectivity index (χ2v) is 3.99. The van der Waals surface area contributed by atoms with E-state index in [1.165, 1.54) is 0 Å². The molecule has 0 saturated heterocycles. The number of nitrogens with two attached hydrogens (primary N) is 1. The molecule has 5 nitrogen and oxygen atoms in total. The van der Waals surface area contributed by atoms with Crippen LogP contribution in [0.1, 0.15) is 20.3 Å². The van der Waals surface area contributed by atoms with Crippen LogP contribution in [0.5, 0.6) is 11.5 Å². The van der Waals surface area contributed by atoms with Crippen LogP contribution in [0.3, 0.4) is 0 Å². The monoisotopic (exact) mass is 267 g/mol. The summed E-state index contributed by atoms with van der Waals surface area (Å²) in [5.74, 6) is 0.984. The number of carbonyl (C=O) groups is 1. The van der Waals surface area contributed by atoms with Gasteiger partial charge in [-0.25, -0.2) is 0 Å². The van der Waals surface area contributed by atoms with Gasteiger partial charge in [-0.1, -0.05) is 6.92 Å². The van der Waals surface area contributed by atoms with Crippen molar-refractivity contribution in [1.82, 2.24) is 0 Å². The van der Waals surface area contributed by atoms with Gasteiger partial charge in [0.1, 0.15) is 24.1 Å². The van der Waals surface area contributed by atoms with Crippen LogP contribution in [0, 0.1) is 0 Å². The second kappa shape index (κ2) is 8.37. The van der Waals surface area contributed by atoms with Crippen molar-refractivity contribution in [3.63, 3.8) is 0 Å². The van der Waals surface area contributed by atoms with Gasteiger partial charge >= 0.3 is 5.97 Å². The molecule has 1 rings (SSSR count). The fraction of sp³-hybridized carbons (Fsp3) is 0.500. The van der Waals surface area contributed by atoms with Crippen molar-refractivity contribution in [2.24, 2.45) is 5.73 Å². The second-order valence-electron chi connectivity index (χ2n) is 3.99. The lowest BCUT2D eigenvalue weighted by Crippen LogP contribution is -2.37. The molecule has 1 atom stereocenters. The fourth-order valence-electron chi connectivity index (χ4n) is 1.36. The summed E-state index contributed by atoms with van der Waals surface area (Å²) < 4.78 is 15.7. The van der Waals surface area contributed by atoms with E-state index < -0.39 is 12.0 Å². The first-order chi connectivity index (χ1) is 9.17. The van der Waals surface area contributed by atoms with E-state index >= 15 is 0 Å². The lowest BCUT2D eigenvalue weighted by Gasteiger charge is -2.12. The zero-order chi connectivity index (χ0) is 14.1. The van der Waals surface area contributed by atoms with Gasteiger partial charge < -0.3 is 19.9 Å². The maximum absolute atomic E-state index is 11.3. The summed E-state index contributed by atoms with van der Waals surface area (Å²) in [6.07, 6.45) is 0.965. The van der Waals surface area contributed by atoms with Crippen LogP contribution < -0.4 is 15.2 Å². The van der Waals surface area contributed by atoms with E-state index in [1.54, 1.807) is 19.1 Å². The number of carbonyl (C=O) groups excluding carboxylic acids is 1. The van der Waals surface area contributed by atoms with E-state index in [-0.39, 0.29) is 6.61 Å². The molecule has 0 fully saturated rings. The van der Waals surface area contributed by atoms with Gasteiger partial charge in [0.15, 0.2) is 0 Å². The number of rotatable bonds is 8. The van der Waals surface area contributed by atoms with Gasteiger partial charge in [-0.05, 0) is 37.6 Å². The summed E-state index contributed by atoms with van der Waals surface area (Å²) in [7, 11) is 0. The lowest BCUT2D eigenvalue weighted by atomic mass is 10.3. The Morgan fingerprint density at radius 3 is 2.26 bits per heavy atom. The predicted molar refractivity (Wildman–Crippen MR) is 72.3 cm³/mol. The Bertz CT molecular complexity index is 378. The van der Waals surface area contributed by atoms with Crippen LogP contribution >= 0.6 is 0 Å². The van der Waals surface area contributed by atoms with Crippen LogP contribution in [0.25, 0.3) is 0 Å². The molecule has 0 spiro atoms. The minimum atomic E-state index is -0.768. The molecule has 0 bridgehead atoms. The average Bonchev–Trinajstić information content (AvgIpc) is 2.43. The Balaban J connectivity index is 2.39. The smallest absolute Gasteiger partial charge is 0.326 e. The van der Waals surface area contributed by atoms with Crippen LogP contribution in [0.2, 0.25) is 0 Å². The number of ether oxygens (including phenoxy) is 3. The van der Waals surface area contributed by atoms with Gasteiger partial charge in [0.2, 0.25) is 0 Å². The molecule has 0 radical (unpaired) electrons. The molecule has 106 valence electrons. The normalized spacial score (nSPS) is 11.7. The highest BCUT2D eigenvalue weighted by Gasteiger charge is 2.15. The summed E-state index contributed by atoms with van der Waals surface area (Å²) in [4.78, 5) is 11.3. The molecule has 2 N–H and O–H groups in total. The minimum absolute atomic E-state index is 0.0913. The molecule has 1 aromatic carbocycles. The molecule has 0 saturated carbocycles. The lowest BCUT2D eigenvalue weighted by molar-refractivity contribution is -0.145. The van der Waals surface area contributed by atoms with Crippen LogP contribution in [0.4, 0.5) is 0 Å². The Morgan fingerprint density at radius 2 is 1.74 bits per heavy atom. The van der Waals surface area contributed by atoms with Gasteiger partial charge in [-0.15, -0.1) is 0 Å². The zero-order valence-corrected chi connectivity index (χ0v) is 11.4. The van der Waals surface area contributed by atoms with Crippen molar-refractivity contribution in [3.8, 4) is 11.5 Å². The van der Waals surface area contributed by atoms with Crippen LogP contribution in [-0.2, 0) is 9.53 Å². The maximum Gasteiger partial charge on any atom is 0.326 e. The average molecular weight is 267 g/mol. The molecule has 1 unspecified atom stereocenters. The highest BCUT2D eigenvalue weighted by Crippen LogP contribution is 2.17. The number of hydrogen-bond donors (Lipinski definition) is 1. The Labute approximate surface area is 113 Å². The summed E-state index contributed by atoms with van der Waals surface area (Å²) in [6.45, 7) is 4.88. The zero-order valence-electron chi connectivity index (χ0n) is 11.4. The van der Waals surface area contributed by atoms with E-state index in [1.807, 2.05) is 19.1 Å².